The van der Waals surface area contributed by atoms with Gasteiger partial charge in [0, 0.05) is 63.2 Å². The SMILES string of the molecule is CCSCCC(=O)N1CCN(Cc2c(C)nn(C)c2C)CC1. The maximum absolute atomic E-state index is 12.1. The molecule has 0 N–H and O–H groups in total. The average Bonchev–Trinajstić information content (AvgIpc) is 2.74. The lowest BCUT2D eigenvalue weighted by Crippen LogP contribution is -2.48. The fraction of sp³-hybridized carbons (Fsp3) is 0.750. The number of carbonyl (C=O) groups is 1. The van der Waals surface area contributed by atoms with E-state index in [1.54, 1.807) is 0 Å². The zero-order valence-corrected chi connectivity index (χ0v) is 15.1. The summed E-state index contributed by atoms with van der Waals surface area (Å²) in [5, 5.41) is 4.48. The molecule has 1 fully saturated rings. The Morgan fingerprint density at radius 3 is 2.45 bits per heavy atom. The highest BCUT2D eigenvalue weighted by Gasteiger charge is 2.22. The molecular formula is C16H28N4OS. The van der Waals surface area contributed by atoms with E-state index < -0.39 is 0 Å². The zero-order valence-electron chi connectivity index (χ0n) is 14.3. The summed E-state index contributed by atoms with van der Waals surface area (Å²) in [4.78, 5) is 16.6. The van der Waals surface area contributed by atoms with Crippen LogP contribution >= 0.6 is 11.8 Å². The maximum Gasteiger partial charge on any atom is 0.223 e. The van der Waals surface area contributed by atoms with Crippen LogP contribution < -0.4 is 0 Å². The Hall–Kier alpha value is -1.01. The van der Waals surface area contributed by atoms with E-state index in [2.05, 4.69) is 30.8 Å². The van der Waals surface area contributed by atoms with Crippen LogP contribution in [0.1, 0.15) is 30.3 Å². The molecule has 1 aromatic rings. The fourth-order valence-corrected chi connectivity index (χ4v) is 3.49. The van der Waals surface area contributed by atoms with Crippen molar-refractivity contribution in [1.82, 2.24) is 19.6 Å². The fourth-order valence-electron chi connectivity index (χ4n) is 2.89. The summed E-state index contributed by atoms with van der Waals surface area (Å²) in [6, 6.07) is 0. The second kappa shape index (κ2) is 8.02. The molecule has 5 nitrogen and oxygen atoms in total. The van der Waals surface area contributed by atoms with Crippen molar-refractivity contribution >= 4 is 17.7 Å². The number of piperazine rings is 1. The van der Waals surface area contributed by atoms with E-state index in [9.17, 15) is 4.79 Å². The van der Waals surface area contributed by atoms with Gasteiger partial charge in [-0.3, -0.25) is 14.4 Å². The number of amides is 1. The molecule has 1 aliphatic rings. The van der Waals surface area contributed by atoms with Gasteiger partial charge in [-0.05, 0) is 19.6 Å². The minimum atomic E-state index is 0.314. The van der Waals surface area contributed by atoms with E-state index >= 15 is 0 Å². The lowest BCUT2D eigenvalue weighted by Gasteiger charge is -2.34. The van der Waals surface area contributed by atoms with E-state index in [-0.39, 0.29) is 0 Å². The minimum absolute atomic E-state index is 0.314. The summed E-state index contributed by atoms with van der Waals surface area (Å²) in [7, 11) is 2.00. The molecule has 0 saturated carbocycles. The van der Waals surface area contributed by atoms with Gasteiger partial charge < -0.3 is 4.90 Å². The average molecular weight is 324 g/mol. The summed E-state index contributed by atoms with van der Waals surface area (Å²) < 4.78 is 1.95. The molecule has 2 rings (SSSR count). The Labute approximate surface area is 138 Å². The number of hydrogen-bond donors (Lipinski definition) is 0. The molecule has 1 aromatic heterocycles. The molecule has 0 radical (unpaired) electrons. The molecule has 1 amide bonds. The van der Waals surface area contributed by atoms with Crippen LogP contribution in [0.5, 0.6) is 0 Å². The number of hydrogen-bond acceptors (Lipinski definition) is 4. The molecule has 0 bridgehead atoms. The van der Waals surface area contributed by atoms with Gasteiger partial charge in [0.1, 0.15) is 0 Å². The predicted octanol–water partition coefficient (Wildman–Crippen LogP) is 1.82. The van der Waals surface area contributed by atoms with Crippen molar-refractivity contribution in [3.05, 3.63) is 17.0 Å². The molecule has 0 atom stereocenters. The lowest BCUT2D eigenvalue weighted by atomic mass is 10.1. The molecule has 6 heteroatoms. The Morgan fingerprint density at radius 2 is 1.91 bits per heavy atom. The monoisotopic (exact) mass is 324 g/mol. The van der Waals surface area contributed by atoms with Crippen molar-refractivity contribution in [1.29, 1.82) is 0 Å². The van der Waals surface area contributed by atoms with Crippen molar-refractivity contribution in [2.24, 2.45) is 7.05 Å². The summed E-state index contributed by atoms with van der Waals surface area (Å²) in [6.07, 6.45) is 0.680. The van der Waals surface area contributed by atoms with Crippen molar-refractivity contribution in [3.8, 4) is 0 Å². The van der Waals surface area contributed by atoms with E-state index in [0.717, 1.165) is 49.9 Å². The number of aryl methyl sites for hydroxylation is 2. The highest BCUT2D eigenvalue weighted by molar-refractivity contribution is 7.99. The molecule has 0 aromatic carbocycles. The van der Waals surface area contributed by atoms with Gasteiger partial charge in [-0.15, -0.1) is 0 Å². The maximum atomic E-state index is 12.1. The number of carbonyl (C=O) groups excluding carboxylic acids is 1. The Balaban J connectivity index is 1.81. The topological polar surface area (TPSA) is 41.4 Å². The third-order valence-electron chi connectivity index (χ3n) is 4.43. The Bertz CT molecular complexity index is 506. The first-order valence-corrected chi connectivity index (χ1v) is 9.25. The molecule has 2 heterocycles. The molecule has 1 saturated heterocycles. The summed E-state index contributed by atoms with van der Waals surface area (Å²) >= 11 is 1.84. The van der Waals surface area contributed by atoms with Crippen molar-refractivity contribution in [3.63, 3.8) is 0 Å². The first-order chi connectivity index (χ1) is 10.5. The normalized spacial score (nSPS) is 16.3. The Kier molecular flexibility index (Phi) is 6.32. The van der Waals surface area contributed by atoms with Crippen LogP contribution in [-0.2, 0) is 18.4 Å². The smallest absolute Gasteiger partial charge is 0.223 e. The van der Waals surface area contributed by atoms with Gasteiger partial charge in [0.05, 0.1) is 5.69 Å². The molecule has 124 valence electrons. The largest absolute Gasteiger partial charge is 0.340 e. The lowest BCUT2D eigenvalue weighted by molar-refractivity contribution is -0.132. The number of aromatic nitrogens is 2. The van der Waals surface area contributed by atoms with Crippen LogP contribution in [0, 0.1) is 13.8 Å². The van der Waals surface area contributed by atoms with Gasteiger partial charge in [-0.25, -0.2) is 0 Å². The van der Waals surface area contributed by atoms with E-state index in [1.807, 2.05) is 28.4 Å². The number of rotatable bonds is 6. The number of thioether (sulfide) groups is 1. The Morgan fingerprint density at radius 1 is 1.23 bits per heavy atom. The van der Waals surface area contributed by atoms with E-state index in [1.165, 1.54) is 11.3 Å². The molecule has 22 heavy (non-hydrogen) atoms. The zero-order chi connectivity index (χ0) is 16.1. The van der Waals surface area contributed by atoms with Crippen molar-refractivity contribution in [2.45, 2.75) is 33.7 Å². The highest BCUT2D eigenvalue weighted by Crippen LogP contribution is 2.16. The van der Waals surface area contributed by atoms with Crippen LogP contribution in [-0.4, -0.2) is 63.2 Å². The van der Waals surface area contributed by atoms with Gasteiger partial charge in [0.15, 0.2) is 0 Å². The van der Waals surface area contributed by atoms with Gasteiger partial charge in [0.25, 0.3) is 0 Å². The third-order valence-corrected chi connectivity index (χ3v) is 5.33. The van der Waals surface area contributed by atoms with Gasteiger partial charge >= 0.3 is 0 Å². The summed E-state index contributed by atoms with van der Waals surface area (Å²) in [5.41, 5.74) is 3.70. The minimum Gasteiger partial charge on any atom is -0.340 e. The van der Waals surface area contributed by atoms with E-state index in [4.69, 9.17) is 0 Å². The molecular weight excluding hydrogens is 296 g/mol. The first kappa shape index (κ1) is 17.3. The molecule has 0 unspecified atom stereocenters. The van der Waals surface area contributed by atoms with Crippen LogP contribution in [0.3, 0.4) is 0 Å². The van der Waals surface area contributed by atoms with Crippen molar-refractivity contribution < 1.29 is 4.79 Å². The van der Waals surface area contributed by atoms with E-state index in [0.29, 0.717) is 12.3 Å². The van der Waals surface area contributed by atoms with Gasteiger partial charge in [-0.2, -0.15) is 16.9 Å². The second-order valence-corrected chi connectivity index (χ2v) is 7.27. The first-order valence-electron chi connectivity index (χ1n) is 8.09. The number of nitrogens with zero attached hydrogens (tertiary/aromatic N) is 4. The van der Waals surface area contributed by atoms with Crippen molar-refractivity contribution in [2.75, 3.05) is 37.7 Å². The molecule has 1 aliphatic heterocycles. The third kappa shape index (κ3) is 4.26. The summed E-state index contributed by atoms with van der Waals surface area (Å²) in [5.74, 6) is 2.35. The van der Waals surface area contributed by atoms with Crippen LogP contribution in [0.2, 0.25) is 0 Å². The highest BCUT2D eigenvalue weighted by atomic mass is 32.2. The standard InChI is InChI=1S/C16H28N4OS/c1-5-22-11-6-16(21)20-9-7-19(8-10-20)12-15-13(2)17-18(4)14(15)3/h5-12H2,1-4H3. The van der Waals surface area contributed by atoms with Gasteiger partial charge in [0.2, 0.25) is 5.91 Å². The second-order valence-electron chi connectivity index (χ2n) is 5.88. The molecule has 0 spiro atoms. The summed E-state index contributed by atoms with van der Waals surface area (Å²) in [6.45, 7) is 10.9. The van der Waals surface area contributed by atoms with Gasteiger partial charge in [-0.1, -0.05) is 6.92 Å². The van der Waals surface area contributed by atoms with Crippen LogP contribution in [0.4, 0.5) is 0 Å². The predicted molar refractivity (Wildman–Crippen MR) is 92.2 cm³/mol. The molecule has 0 aliphatic carbocycles. The van der Waals surface area contributed by atoms with Crippen LogP contribution in [0.15, 0.2) is 0 Å². The van der Waals surface area contributed by atoms with Crippen LogP contribution in [0.25, 0.3) is 0 Å². The quantitative estimate of drug-likeness (QED) is 0.749.